The molecule has 0 radical (unpaired) electrons. The van der Waals surface area contributed by atoms with Crippen LogP contribution in [0.5, 0.6) is 0 Å². The molecule has 1 aromatic heterocycles. The highest BCUT2D eigenvalue weighted by Crippen LogP contribution is 2.18. The first-order valence-electron chi connectivity index (χ1n) is 7.52. The number of nitrogens with zero attached hydrogens (tertiary/aromatic N) is 3. The molecule has 0 fully saturated rings. The lowest BCUT2D eigenvalue weighted by molar-refractivity contribution is -0.385. The third-order valence-electron chi connectivity index (χ3n) is 2.65. The molecule has 7 heteroatoms. The van der Waals surface area contributed by atoms with Crippen LogP contribution in [0.1, 0.15) is 43.7 Å². The first kappa shape index (κ1) is 20.8. The van der Waals surface area contributed by atoms with Gasteiger partial charge in [0.05, 0.1) is 4.92 Å². The highest BCUT2D eigenvalue weighted by Gasteiger charge is 2.18. The van der Waals surface area contributed by atoms with E-state index in [1.165, 1.54) is 10.9 Å². The van der Waals surface area contributed by atoms with E-state index in [0.717, 1.165) is 5.56 Å². The highest BCUT2D eigenvalue weighted by atomic mass is 35.5. The summed E-state index contributed by atoms with van der Waals surface area (Å²) in [6.07, 6.45) is 2.21. The number of carbonyl (C=O) groups is 1. The van der Waals surface area contributed by atoms with Gasteiger partial charge in [-0.25, -0.2) is 0 Å². The van der Waals surface area contributed by atoms with Crippen LogP contribution in [0.2, 0.25) is 5.02 Å². The van der Waals surface area contributed by atoms with E-state index in [1.54, 1.807) is 6.07 Å². The zero-order chi connectivity index (χ0) is 17.8. The number of aldehydes is 1. The molecule has 1 aromatic carbocycles. The van der Waals surface area contributed by atoms with Gasteiger partial charge in [0.25, 0.3) is 0 Å². The van der Waals surface area contributed by atoms with Crippen LogP contribution >= 0.6 is 11.6 Å². The van der Waals surface area contributed by atoms with Gasteiger partial charge in [0.1, 0.15) is 6.20 Å². The van der Waals surface area contributed by atoms with Gasteiger partial charge >= 0.3 is 5.69 Å². The van der Waals surface area contributed by atoms with E-state index in [-0.39, 0.29) is 11.4 Å². The van der Waals surface area contributed by atoms with Crippen molar-refractivity contribution in [1.29, 1.82) is 0 Å². The van der Waals surface area contributed by atoms with Crippen molar-refractivity contribution in [2.45, 2.75) is 40.7 Å². The van der Waals surface area contributed by atoms with Gasteiger partial charge in [0, 0.05) is 11.6 Å². The number of nitro groups is 1. The van der Waals surface area contributed by atoms with Crippen molar-refractivity contribution in [3.8, 4) is 0 Å². The Labute approximate surface area is 141 Å². The maximum absolute atomic E-state index is 10.7. The van der Waals surface area contributed by atoms with Crippen LogP contribution in [0.25, 0.3) is 0 Å². The summed E-state index contributed by atoms with van der Waals surface area (Å²) in [6, 6.07) is 7.35. The Morgan fingerprint density at radius 1 is 1.26 bits per heavy atom. The minimum Gasteiger partial charge on any atom is -0.296 e. The quantitative estimate of drug-likeness (QED) is 0.454. The van der Waals surface area contributed by atoms with E-state index < -0.39 is 4.92 Å². The smallest absolute Gasteiger partial charge is 0.296 e. The Hall–Kier alpha value is -2.21. The normalized spacial score (nSPS) is 9.09. The van der Waals surface area contributed by atoms with Gasteiger partial charge in [-0.15, -0.1) is 0 Å². The second kappa shape index (κ2) is 11.4. The Morgan fingerprint density at radius 2 is 1.87 bits per heavy atom. The van der Waals surface area contributed by atoms with Gasteiger partial charge in [0.15, 0.2) is 6.29 Å². The van der Waals surface area contributed by atoms with E-state index in [0.29, 0.717) is 24.3 Å². The molecule has 0 aliphatic heterocycles. The zero-order valence-corrected chi connectivity index (χ0v) is 14.6. The Bertz CT molecular complexity index is 627. The number of benzene rings is 1. The Balaban J connectivity index is 0.00000112. The van der Waals surface area contributed by atoms with Crippen LogP contribution in [0.15, 0.2) is 30.5 Å². The summed E-state index contributed by atoms with van der Waals surface area (Å²) in [6.45, 7) is 8.42. The summed E-state index contributed by atoms with van der Waals surface area (Å²) in [7, 11) is 0. The third kappa shape index (κ3) is 6.20. The maximum Gasteiger partial charge on any atom is 0.317 e. The first-order chi connectivity index (χ1) is 11.1. The molecule has 0 N–H and O–H groups in total. The van der Waals surface area contributed by atoms with Gasteiger partial charge < -0.3 is 0 Å². The predicted octanol–water partition coefficient (Wildman–Crippen LogP) is 4.55. The van der Waals surface area contributed by atoms with E-state index >= 15 is 0 Å². The summed E-state index contributed by atoms with van der Waals surface area (Å²) < 4.78 is 1.38. The SMILES string of the molecule is CC.CC.O=Cc1nn(CCc2ccccc2Cl)cc1[N+](=O)[O-]. The molecular weight excluding hydrogens is 318 g/mol. The minimum atomic E-state index is -0.622. The summed E-state index contributed by atoms with van der Waals surface area (Å²) in [5.74, 6) is 0. The average molecular weight is 340 g/mol. The van der Waals surface area contributed by atoms with E-state index in [2.05, 4.69) is 5.10 Å². The maximum atomic E-state index is 10.7. The Morgan fingerprint density at radius 3 is 2.35 bits per heavy atom. The van der Waals surface area contributed by atoms with Crippen LogP contribution in [0.3, 0.4) is 0 Å². The summed E-state index contributed by atoms with van der Waals surface area (Å²) in [5.41, 5.74) is 0.480. The van der Waals surface area contributed by atoms with Crippen LogP contribution in [0, 0.1) is 10.1 Å². The molecule has 6 nitrogen and oxygen atoms in total. The van der Waals surface area contributed by atoms with Crippen LogP contribution in [-0.4, -0.2) is 21.0 Å². The Kier molecular flexibility index (Phi) is 10.3. The topological polar surface area (TPSA) is 78.0 Å². The third-order valence-corrected chi connectivity index (χ3v) is 3.02. The van der Waals surface area contributed by atoms with Gasteiger partial charge in [-0.2, -0.15) is 5.10 Å². The minimum absolute atomic E-state index is 0.163. The molecule has 126 valence electrons. The lowest BCUT2D eigenvalue weighted by Gasteiger charge is -2.03. The van der Waals surface area contributed by atoms with E-state index in [4.69, 9.17) is 11.6 Å². The number of aryl methyl sites for hydroxylation is 2. The lowest BCUT2D eigenvalue weighted by Crippen LogP contribution is -2.02. The number of halogens is 1. The van der Waals surface area contributed by atoms with Crippen molar-refractivity contribution in [3.05, 3.63) is 56.9 Å². The van der Waals surface area contributed by atoms with Crippen LogP contribution in [-0.2, 0) is 13.0 Å². The molecule has 0 saturated heterocycles. The second-order valence-corrected chi connectivity index (χ2v) is 4.29. The number of hydrogen-bond donors (Lipinski definition) is 0. The number of aromatic nitrogens is 2. The van der Waals surface area contributed by atoms with Gasteiger partial charge in [-0.3, -0.25) is 19.6 Å². The molecule has 0 unspecified atom stereocenters. The molecule has 0 amide bonds. The van der Waals surface area contributed by atoms with Gasteiger partial charge in [-0.05, 0) is 18.1 Å². The van der Waals surface area contributed by atoms with Crippen molar-refractivity contribution in [3.63, 3.8) is 0 Å². The first-order valence-corrected chi connectivity index (χ1v) is 7.90. The van der Waals surface area contributed by atoms with Crippen molar-refractivity contribution in [2.24, 2.45) is 0 Å². The van der Waals surface area contributed by atoms with Crippen molar-refractivity contribution < 1.29 is 9.72 Å². The largest absolute Gasteiger partial charge is 0.317 e. The molecule has 0 aliphatic rings. The zero-order valence-electron chi connectivity index (χ0n) is 13.8. The molecule has 0 aliphatic carbocycles. The van der Waals surface area contributed by atoms with Crippen molar-refractivity contribution in [2.75, 3.05) is 0 Å². The number of carbonyl (C=O) groups excluding carboxylic acids is 1. The van der Waals surface area contributed by atoms with Gasteiger partial charge in [0.2, 0.25) is 5.69 Å². The summed E-state index contributed by atoms with van der Waals surface area (Å²) in [5, 5.41) is 15.2. The van der Waals surface area contributed by atoms with Crippen molar-refractivity contribution >= 4 is 23.6 Å². The standard InChI is InChI=1S/C12H10ClN3O3.2C2H6/c13-10-4-2-1-3-9(10)5-6-15-7-12(16(18)19)11(8-17)14-15;2*1-2/h1-4,7-8H,5-6H2;2*1-2H3. The predicted molar refractivity (Wildman–Crippen MR) is 92.1 cm³/mol. The van der Waals surface area contributed by atoms with Crippen LogP contribution < -0.4 is 0 Å². The fourth-order valence-electron chi connectivity index (χ4n) is 1.70. The monoisotopic (exact) mass is 339 g/mol. The van der Waals surface area contributed by atoms with Crippen LogP contribution in [0.4, 0.5) is 5.69 Å². The molecule has 0 saturated carbocycles. The lowest BCUT2D eigenvalue weighted by atomic mass is 10.1. The van der Waals surface area contributed by atoms with Crippen molar-refractivity contribution in [1.82, 2.24) is 9.78 Å². The summed E-state index contributed by atoms with van der Waals surface area (Å²) >= 11 is 6.01. The molecule has 0 bridgehead atoms. The number of hydrogen-bond acceptors (Lipinski definition) is 4. The second-order valence-electron chi connectivity index (χ2n) is 3.88. The molecular formula is C16H22ClN3O3. The number of rotatable bonds is 5. The molecule has 0 atom stereocenters. The molecule has 1 heterocycles. The molecule has 2 rings (SSSR count). The highest BCUT2D eigenvalue weighted by molar-refractivity contribution is 6.31. The summed E-state index contributed by atoms with van der Waals surface area (Å²) in [4.78, 5) is 20.7. The van der Waals surface area contributed by atoms with Gasteiger partial charge in [-0.1, -0.05) is 57.5 Å². The molecule has 2 aromatic rings. The molecule has 0 spiro atoms. The fourth-order valence-corrected chi connectivity index (χ4v) is 1.93. The average Bonchev–Trinajstić information content (AvgIpc) is 3.01. The molecule has 23 heavy (non-hydrogen) atoms. The van der Waals surface area contributed by atoms with E-state index in [9.17, 15) is 14.9 Å². The van der Waals surface area contributed by atoms with E-state index in [1.807, 2.05) is 45.9 Å². The fraction of sp³-hybridized carbons (Fsp3) is 0.375.